The summed E-state index contributed by atoms with van der Waals surface area (Å²) < 4.78 is 1.81. The van der Waals surface area contributed by atoms with Gasteiger partial charge in [0.25, 0.3) is 0 Å². The number of hydrogen-bond acceptors (Lipinski definition) is 4. The van der Waals surface area contributed by atoms with Crippen molar-refractivity contribution in [2.45, 2.75) is 13.0 Å². The molecule has 1 aliphatic heterocycles. The number of carbonyl (C=O) groups is 1. The minimum atomic E-state index is 0.197. The van der Waals surface area contributed by atoms with Crippen LogP contribution in [0.15, 0.2) is 12.4 Å². The van der Waals surface area contributed by atoms with E-state index in [2.05, 4.69) is 10.00 Å². The summed E-state index contributed by atoms with van der Waals surface area (Å²) in [4.78, 5) is 15.6. The number of rotatable bonds is 3. The largest absolute Gasteiger partial charge is 0.396 e. The van der Waals surface area contributed by atoms with Crippen molar-refractivity contribution in [3.63, 3.8) is 0 Å². The third kappa shape index (κ3) is 3.20. The van der Waals surface area contributed by atoms with Crippen molar-refractivity contribution in [2.75, 3.05) is 39.0 Å². The summed E-state index contributed by atoms with van der Waals surface area (Å²) in [5, 5.41) is 4.13. The molecule has 0 spiro atoms. The molecule has 2 heterocycles. The SMILES string of the molecule is CN1CCCN(CCn2cc(N)cn2)CC1=O. The minimum Gasteiger partial charge on any atom is -0.396 e. The molecule has 2 N–H and O–H groups in total. The molecular weight excluding hydrogens is 218 g/mol. The number of nitrogens with two attached hydrogens (primary N) is 1. The Morgan fingerprint density at radius 1 is 1.41 bits per heavy atom. The van der Waals surface area contributed by atoms with E-state index in [0.717, 1.165) is 32.6 Å². The van der Waals surface area contributed by atoms with Crippen LogP contribution in [-0.4, -0.2) is 58.7 Å². The van der Waals surface area contributed by atoms with E-state index in [1.54, 1.807) is 11.1 Å². The molecule has 0 aromatic carbocycles. The lowest BCUT2D eigenvalue weighted by Gasteiger charge is -2.18. The van der Waals surface area contributed by atoms with Gasteiger partial charge in [-0.15, -0.1) is 0 Å². The van der Waals surface area contributed by atoms with Crippen molar-refractivity contribution in [2.24, 2.45) is 0 Å². The first-order chi connectivity index (χ1) is 8.15. The van der Waals surface area contributed by atoms with Gasteiger partial charge in [0.1, 0.15) is 0 Å². The number of anilines is 1. The highest BCUT2D eigenvalue weighted by Gasteiger charge is 2.18. The smallest absolute Gasteiger partial charge is 0.236 e. The first-order valence-corrected chi connectivity index (χ1v) is 5.89. The minimum absolute atomic E-state index is 0.197. The quantitative estimate of drug-likeness (QED) is 0.779. The van der Waals surface area contributed by atoms with Crippen LogP contribution in [0.25, 0.3) is 0 Å². The van der Waals surface area contributed by atoms with Crippen LogP contribution in [0.5, 0.6) is 0 Å². The van der Waals surface area contributed by atoms with E-state index in [-0.39, 0.29) is 5.91 Å². The van der Waals surface area contributed by atoms with Gasteiger partial charge in [0.15, 0.2) is 0 Å². The van der Waals surface area contributed by atoms with Crippen LogP contribution in [0.3, 0.4) is 0 Å². The fourth-order valence-corrected chi connectivity index (χ4v) is 1.98. The standard InChI is InChI=1S/C11H19N5O/c1-14-3-2-4-15(9-11(14)17)5-6-16-8-10(12)7-13-16/h7-8H,2-6,9,12H2,1H3. The summed E-state index contributed by atoms with van der Waals surface area (Å²) in [7, 11) is 1.86. The van der Waals surface area contributed by atoms with E-state index in [1.807, 2.05) is 17.9 Å². The molecule has 94 valence electrons. The van der Waals surface area contributed by atoms with Gasteiger partial charge in [0.05, 0.1) is 25.0 Å². The third-order valence-electron chi connectivity index (χ3n) is 3.05. The molecule has 0 aliphatic carbocycles. The Morgan fingerprint density at radius 3 is 2.94 bits per heavy atom. The van der Waals surface area contributed by atoms with E-state index < -0.39 is 0 Å². The molecular formula is C11H19N5O. The number of hydrogen-bond donors (Lipinski definition) is 1. The summed E-state index contributed by atoms with van der Waals surface area (Å²) in [6.07, 6.45) is 4.48. The maximum atomic E-state index is 11.7. The first kappa shape index (κ1) is 11.9. The van der Waals surface area contributed by atoms with Gasteiger partial charge in [-0.1, -0.05) is 0 Å². The Hall–Kier alpha value is -1.56. The molecule has 6 heteroatoms. The Bertz CT molecular complexity index is 389. The summed E-state index contributed by atoms with van der Waals surface area (Å²) >= 11 is 0. The highest BCUT2D eigenvalue weighted by Crippen LogP contribution is 2.03. The van der Waals surface area contributed by atoms with Gasteiger partial charge >= 0.3 is 0 Å². The predicted octanol–water partition coefficient (Wildman–Crippen LogP) is -0.371. The van der Waals surface area contributed by atoms with E-state index in [9.17, 15) is 4.79 Å². The summed E-state index contributed by atoms with van der Waals surface area (Å²) in [5.74, 6) is 0.197. The van der Waals surface area contributed by atoms with Gasteiger partial charge in [0, 0.05) is 32.9 Å². The lowest BCUT2D eigenvalue weighted by atomic mass is 10.4. The van der Waals surface area contributed by atoms with Gasteiger partial charge in [-0.3, -0.25) is 14.4 Å². The molecule has 1 aliphatic rings. The molecule has 1 aromatic heterocycles. The van der Waals surface area contributed by atoms with Crippen molar-refractivity contribution >= 4 is 11.6 Å². The average Bonchev–Trinajstić information content (AvgIpc) is 2.64. The molecule has 0 atom stereocenters. The van der Waals surface area contributed by atoms with Crippen LogP contribution < -0.4 is 5.73 Å². The zero-order chi connectivity index (χ0) is 12.3. The van der Waals surface area contributed by atoms with Crippen LogP contribution in [0.2, 0.25) is 0 Å². The lowest BCUT2D eigenvalue weighted by Crippen LogP contribution is -2.35. The number of carbonyl (C=O) groups excluding carboxylic acids is 1. The molecule has 0 radical (unpaired) electrons. The van der Waals surface area contributed by atoms with Gasteiger partial charge in [-0.2, -0.15) is 5.10 Å². The molecule has 0 bridgehead atoms. The number of amides is 1. The Kier molecular flexibility index (Phi) is 3.63. The first-order valence-electron chi connectivity index (χ1n) is 5.89. The number of nitrogen functional groups attached to an aromatic ring is 1. The predicted molar refractivity (Wildman–Crippen MR) is 65.3 cm³/mol. The monoisotopic (exact) mass is 237 g/mol. The molecule has 1 saturated heterocycles. The van der Waals surface area contributed by atoms with E-state index in [4.69, 9.17) is 5.73 Å². The molecule has 0 saturated carbocycles. The summed E-state index contributed by atoms with van der Waals surface area (Å²) in [6, 6.07) is 0. The summed E-state index contributed by atoms with van der Waals surface area (Å²) in [6.45, 7) is 3.93. The van der Waals surface area contributed by atoms with Crippen LogP contribution >= 0.6 is 0 Å². The van der Waals surface area contributed by atoms with Crippen molar-refractivity contribution < 1.29 is 4.79 Å². The normalized spacial score (nSPS) is 18.4. The molecule has 1 fully saturated rings. The fourth-order valence-electron chi connectivity index (χ4n) is 1.98. The van der Waals surface area contributed by atoms with E-state index in [0.29, 0.717) is 12.2 Å². The van der Waals surface area contributed by atoms with Crippen LogP contribution in [0, 0.1) is 0 Å². The number of aromatic nitrogens is 2. The Balaban J connectivity index is 1.84. The van der Waals surface area contributed by atoms with Gasteiger partial charge < -0.3 is 10.6 Å². The number of nitrogens with zero attached hydrogens (tertiary/aromatic N) is 4. The zero-order valence-electron chi connectivity index (χ0n) is 10.2. The van der Waals surface area contributed by atoms with E-state index >= 15 is 0 Å². The van der Waals surface area contributed by atoms with Crippen molar-refractivity contribution in [1.29, 1.82) is 0 Å². The van der Waals surface area contributed by atoms with Crippen molar-refractivity contribution in [3.05, 3.63) is 12.4 Å². The van der Waals surface area contributed by atoms with Crippen molar-refractivity contribution in [3.8, 4) is 0 Å². The molecule has 1 amide bonds. The molecule has 6 nitrogen and oxygen atoms in total. The highest BCUT2D eigenvalue weighted by atomic mass is 16.2. The maximum absolute atomic E-state index is 11.7. The fraction of sp³-hybridized carbons (Fsp3) is 0.636. The highest BCUT2D eigenvalue weighted by molar-refractivity contribution is 5.78. The zero-order valence-corrected chi connectivity index (χ0v) is 10.2. The van der Waals surface area contributed by atoms with Crippen LogP contribution in [0.1, 0.15) is 6.42 Å². The van der Waals surface area contributed by atoms with Gasteiger partial charge in [-0.25, -0.2) is 0 Å². The summed E-state index contributed by atoms with van der Waals surface area (Å²) in [5.41, 5.74) is 6.27. The van der Waals surface area contributed by atoms with Crippen LogP contribution in [-0.2, 0) is 11.3 Å². The second kappa shape index (κ2) is 5.18. The van der Waals surface area contributed by atoms with Crippen molar-refractivity contribution in [1.82, 2.24) is 19.6 Å². The third-order valence-corrected chi connectivity index (χ3v) is 3.05. The van der Waals surface area contributed by atoms with Crippen LogP contribution in [0.4, 0.5) is 5.69 Å². The molecule has 1 aromatic rings. The Labute approximate surface area is 101 Å². The van der Waals surface area contributed by atoms with E-state index in [1.165, 1.54) is 0 Å². The second-order valence-corrected chi connectivity index (χ2v) is 4.48. The van der Waals surface area contributed by atoms with Gasteiger partial charge in [-0.05, 0) is 6.42 Å². The second-order valence-electron chi connectivity index (χ2n) is 4.48. The number of likely N-dealkylation sites (N-methyl/N-ethyl adjacent to an activating group) is 1. The lowest BCUT2D eigenvalue weighted by molar-refractivity contribution is -0.129. The molecule has 17 heavy (non-hydrogen) atoms. The Morgan fingerprint density at radius 2 is 2.24 bits per heavy atom. The topological polar surface area (TPSA) is 67.4 Å². The molecule has 0 unspecified atom stereocenters. The average molecular weight is 237 g/mol. The maximum Gasteiger partial charge on any atom is 0.236 e. The van der Waals surface area contributed by atoms with Gasteiger partial charge in [0.2, 0.25) is 5.91 Å². The molecule has 2 rings (SSSR count).